The summed E-state index contributed by atoms with van der Waals surface area (Å²) in [6.07, 6.45) is -7.18. The second-order valence-corrected chi connectivity index (χ2v) is 5.27. The molecule has 0 amide bonds. The summed E-state index contributed by atoms with van der Waals surface area (Å²) in [5, 5.41) is -3.09. The molecule has 0 aromatic heterocycles. The van der Waals surface area contributed by atoms with Gasteiger partial charge >= 0.3 is 6.18 Å². The third-order valence-corrected chi connectivity index (χ3v) is 3.86. The van der Waals surface area contributed by atoms with Gasteiger partial charge in [0.2, 0.25) is 0 Å². The van der Waals surface area contributed by atoms with E-state index in [2.05, 4.69) is 0 Å². The summed E-state index contributed by atoms with van der Waals surface area (Å²) in [5.74, 6) is -6.77. The minimum Gasteiger partial charge on any atom is -0.285 e. The monoisotopic (exact) mass is 268 g/mol. The third kappa shape index (κ3) is 2.62. The fourth-order valence-corrected chi connectivity index (χ4v) is 3.17. The van der Waals surface area contributed by atoms with E-state index in [0.29, 0.717) is 0 Å². The zero-order valence-corrected chi connectivity index (χ0v) is 8.65. The number of rotatable bonds is 1. The van der Waals surface area contributed by atoms with E-state index < -0.39 is 52.6 Å². The Labute approximate surface area is 88.4 Å². The molecule has 2 unspecified atom stereocenters. The summed E-state index contributed by atoms with van der Waals surface area (Å²) in [6.45, 7) is 0. The van der Waals surface area contributed by atoms with Gasteiger partial charge in [-0.2, -0.15) is 21.6 Å². The second kappa shape index (κ2) is 3.80. The van der Waals surface area contributed by atoms with Gasteiger partial charge in [-0.3, -0.25) is 4.55 Å². The van der Waals surface area contributed by atoms with E-state index in [-0.39, 0.29) is 0 Å². The van der Waals surface area contributed by atoms with Crippen molar-refractivity contribution in [1.29, 1.82) is 0 Å². The van der Waals surface area contributed by atoms with Gasteiger partial charge in [0.25, 0.3) is 16.0 Å². The Hall–Kier alpha value is -0.440. The maximum Gasteiger partial charge on any atom is 0.393 e. The molecule has 0 spiro atoms. The SMILES string of the molecule is O=S(=O)(O)C1C(C(F)(F)F)CCCC1(F)F. The topological polar surface area (TPSA) is 54.4 Å². The van der Waals surface area contributed by atoms with E-state index >= 15 is 0 Å². The molecule has 3 nitrogen and oxygen atoms in total. The number of halogens is 5. The summed E-state index contributed by atoms with van der Waals surface area (Å²) in [4.78, 5) is 0. The molecule has 0 aromatic rings. The van der Waals surface area contributed by atoms with Gasteiger partial charge in [-0.05, 0) is 12.8 Å². The average Bonchev–Trinajstić information content (AvgIpc) is 1.97. The minimum atomic E-state index is -5.44. The summed E-state index contributed by atoms with van der Waals surface area (Å²) in [5.41, 5.74) is 0. The molecule has 0 aromatic carbocycles. The molecular formula is C7H9F5O3S. The van der Waals surface area contributed by atoms with E-state index in [1.54, 1.807) is 0 Å². The highest BCUT2D eigenvalue weighted by Gasteiger charge is 2.61. The van der Waals surface area contributed by atoms with Gasteiger partial charge in [0.1, 0.15) is 0 Å². The Morgan fingerprint density at radius 2 is 1.75 bits per heavy atom. The maximum atomic E-state index is 13.1. The largest absolute Gasteiger partial charge is 0.393 e. The van der Waals surface area contributed by atoms with Crippen LogP contribution in [0.15, 0.2) is 0 Å². The lowest BCUT2D eigenvalue weighted by molar-refractivity contribution is -0.204. The Bertz CT molecular complexity index is 361. The molecule has 2 atom stereocenters. The van der Waals surface area contributed by atoms with Crippen molar-refractivity contribution in [1.82, 2.24) is 0 Å². The van der Waals surface area contributed by atoms with E-state index in [9.17, 15) is 30.4 Å². The van der Waals surface area contributed by atoms with Crippen molar-refractivity contribution in [3.8, 4) is 0 Å². The lowest BCUT2D eigenvalue weighted by Gasteiger charge is -2.36. The molecule has 1 aliphatic carbocycles. The summed E-state index contributed by atoms with van der Waals surface area (Å²) < 4.78 is 93.1. The highest BCUT2D eigenvalue weighted by Crippen LogP contribution is 2.47. The molecule has 9 heteroatoms. The molecule has 96 valence electrons. The van der Waals surface area contributed by atoms with Crippen molar-refractivity contribution < 1.29 is 34.9 Å². The van der Waals surface area contributed by atoms with Gasteiger partial charge in [0.05, 0.1) is 5.92 Å². The molecule has 0 bridgehead atoms. The van der Waals surface area contributed by atoms with Crippen LogP contribution in [0.3, 0.4) is 0 Å². The van der Waals surface area contributed by atoms with Gasteiger partial charge in [-0.1, -0.05) is 0 Å². The molecule has 0 aliphatic heterocycles. The van der Waals surface area contributed by atoms with Crippen molar-refractivity contribution in [3.05, 3.63) is 0 Å². The first-order valence-corrected chi connectivity index (χ1v) is 5.87. The van der Waals surface area contributed by atoms with Crippen LogP contribution in [0.5, 0.6) is 0 Å². The van der Waals surface area contributed by atoms with Crippen LogP contribution in [-0.4, -0.2) is 30.3 Å². The van der Waals surface area contributed by atoms with Crippen LogP contribution < -0.4 is 0 Å². The van der Waals surface area contributed by atoms with Crippen molar-refractivity contribution in [2.75, 3.05) is 0 Å². The summed E-state index contributed by atoms with van der Waals surface area (Å²) in [6, 6.07) is 0. The number of hydrogen-bond donors (Lipinski definition) is 1. The minimum absolute atomic E-state index is 0.427. The van der Waals surface area contributed by atoms with Crippen molar-refractivity contribution in [2.24, 2.45) is 5.92 Å². The normalized spacial score (nSPS) is 31.4. The number of hydrogen-bond acceptors (Lipinski definition) is 2. The van der Waals surface area contributed by atoms with Gasteiger partial charge in [0.15, 0.2) is 5.25 Å². The molecule has 1 aliphatic rings. The van der Waals surface area contributed by atoms with Crippen LogP contribution in [0.2, 0.25) is 0 Å². The Balaban J connectivity index is 3.19. The molecule has 0 heterocycles. The maximum absolute atomic E-state index is 13.1. The fraction of sp³-hybridized carbons (Fsp3) is 1.00. The molecule has 0 radical (unpaired) electrons. The number of alkyl halides is 5. The zero-order chi connectivity index (χ0) is 12.8. The Kier molecular flexibility index (Phi) is 3.23. The van der Waals surface area contributed by atoms with E-state index in [0.717, 1.165) is 0 Å². The summed E-state index contributed by atoms with van der Waals surface area (Å²) >= 11 is 0. The Morgan fingerprint density at radius 3 is 2.06 bits per heavy atom. The highest BCUT2D eigenvalue weighted by atomic mass is 32.2. The average molecular weight is 268 g/mol. The molecule has 16 heavy (non-hydrogen) atoms. The standard InChI is InChI=1S/C7H9F5O3S/c8-6(9)3-1-2-4(7(10,11)12)5(6)16(13,14)15/h4-5H,1-3H2,(H,13,14,15). The highest BCUT2D eigenvalue weighted by molar-refractivity contribution is 7.86. The predicted octanol–water partition coefficient (Wildman–Crippen LogP) is 2.24. The van der Waals surface area contributed by atoms with Crippen LogP contribution in [-0.2, 0) is 10.1 Å². The fourth-order valence-electron chi connectivity index (χ4n) is 1.91. The van der Waals surface area contributed by atoms with Crippen molar-refractivity contribution in [2.45, 2.75) is 36.6 Å². The van der Waals surface area contributed by atoms with Gasteiger partial charge in [0, 0.05) is 6.42 Å². The quantitative estimate of drug-likeness (QED) is 0.586. The summed E-state index contributed by atoms with van der Waals surface area (Å²) in [7, 11) is -5.44. The lowest BCUT2D eigenvalue weighted by atomic mass is 9.85. The third-order valence-electron chi connectivity index (χ3n) is 2.55. The van der Waals surface area contributed by atoms with Crippen molar-refractivity contribution in [3.63, 3.8) is 0 Å². The molecule has 1 fully saturated rings. The Morgan fingerprint density at radius 1 is 1.25 bits per heavy atom. The van der Waals surface area contributed by atoms with Crippen LogP contribution in [0.25, 0.3) is 0 Å². The molecule has 1 rings (SSSR count). The predicted molar refractivity (Wildman–Crippen MR) is 43.7 cm³/mol. The van der Waals surface area contributed by atoms with Crippen LogP contribution >= 0.6 is 0 Å². The van der Waals surface area contributed by atoms with Gasteiger partial charge < -0.3 is 0 Å². The van der Waals surface area contributed by atoms with E-state index in [1.807, 2.05) is 0 Å². The second-order valence-electron chi connectivity index (χ2n) is 3.74. The smallest absolute Gasteiger partial charge is 0.285 e. The lowest BCUT2D eigenvalue weighted by Crippen LogP contribution is -2.52. The first kappa shape index (κ1) is 13.6. The first-order valence-electron chi connectivity index (χ1n) is 4.37. The van der Waals surface area contributed by atoms with Crippen LogP contribution in [0, 0.1) is 5.92 Å². The van der Waals surface area contributed by atoms with Crippen LogP contribution in [0.1, 0.15) is 19.3 Å². The first-order chi connectivity index (χ1) is 6.96. The molecule has 0 saturated heterocycles. The van der Waals surface area contributed by atoms with Gasteiger partial charge in [-0.25, -0.2) is 8.78 Å². The van der Waals surface area contributed by atoms with Crippen LogP contribution in [0.4, 0.5) is 22.0 Å². The zero-order valence-electron chi connectivity index (χ0n) is 7.84. The molecular weight excluding hydrogens is 259 g/mol. The molecule has 1 saturated carbocycles. The van der Waals surface area contributed by atoms with E-state index in [1.165, 1.54) is 0 Å². The van der Waals surface area contributed by atoms with Gasteiger partial charge in [-0.15, -0.1) is 0 Å². The molecule has 1 N–H and O–H groups in total. The van der Waals surface area contributed by atoms with Crippen molar-refractivity contribution >= 4 is 10.1 Å². The van der Waals surface area contributed by atoms with E-state index in [4.69, 9.17) is 4.55 Å².